The van der Waals surface area contributed by atoms with Gasteiger partial charge in [-0.1, -0.05) is 30.3 Å². The molecule has 0 aliphatic carbocycles. The lowest BCUT2D eigenvalue weighted by Crippen LogP contribution is -2.42. The van der Waals surface area contributed by atoms with Crippen LogP contribution in [0, 0.1) is 5.82 Å². The summed E-state index contributed by atoms with van der Waals surface area (Å²) in [7, 11) is -2.60. The first kappa shape index (κ1) is 23.1. The standard InChI is InChI=1S/C23H23FN2O5S/c1-30-22-10-6-5-9-21(22)26(32(28,29)20-7-3-2-4-8-20)17-23(27)25-15-16-31-19-13-11-18(24)12-14-19/h2-14H,15-17H2,1H3,(H,25,27). The highest BCUT2D eigenvalue weighted by molar-refractivity contribution is 7.92. The van der Waals surface area contributed by atoms with Gasteiger partial charge in [-0.25, -0.2) is 12.8 Å². The number of para-hydroxylation sites is 2. The van der Waals surface area contributed by atoms with Gasteiger partial charge in [0.25, 0.3) is 10.0 Å². The first-order valence-electron chi connectivity index (χ1n) is 9.77. The number of nitrogens with one attached hydrogen (secondary N) is 1. The van der Waals surface area contributed by atoms with Gasteiger partial charge in [0.05, 0.1) is 24.2 Å². The van der Waals surface area contributed by atoms with Crippen LogP contribution in [0.15, 0.2) is 83.8 Å². The Morgan fingerprint density at radius 1 is 0.969 bits per heavy atom. The van der Waals surface area contributed by atoms with Crippen molar-refractivity contribution in [3.8, 4) is 11.5 Å². The number of benzene rings is 3. The van der Waals surface area contributed by atoms with Crippen LogP contribution in [0.25, 0.3) is 0 Å². The minimum atomic E-state index is -4.03. The van der Waals surface area contributed by atoms with Crippen molar-refractivity contribution in [1.82, 2.24) is 5.32 Å². The average Bonchev–Trinajstić information content (AvgIpc) is 2.82. The monoisotopic (exact) mass is 458 g/mol. The predicted octanol–water partition coefficient (Wildman–Crippen LogP) is 3.22. The minimum Gasteiger partial charge on any atom is -0.495 e. The molecular formula is C23H23FN2O5S. The summed E-state index contributed by atoms with van der Waals surface area (Å²) in [6.07, 6.45) is 0. The minimum absolute atomic E-state index is 0.0540. The van der Waals surface area contributed by atoms with Crippen LogP contribution in [0.2, 0.25) is 0 Å². The third-order valence-electron chi connectivity index (χ3n) is 4.48. The highest BCUT2D eigenvalue weighted by Crippen LogP contribution is 2.31. The zero-order valence-corrected chi connectivity index (χ0v) is 18.2. The van der Waals surface area contributed by atoms with Gasteiger partial charge in [0.15, 0.2) is 0 Å². The molecule has 1 amide bonds. The van der Waals surface area contributed by atoms with Crippen molar-refractivity contribution >= 4 is 21.6 Å². The molecule has 0 bridgehead atoms. The van der Waals surface area contributed by atoms with E-state index in [4.69, 9.17) is 9.47 Å². The largest absolute Gasteiger partial charge is 0.495 e. The second kappa shape index (κ2) is 10.6. The molecule has 0 heterocycles. The summed E-state index contributed by atoms with van der Waals surface area (Å²) in [4.78, 5) is 12.7. The van der Waals surface area contributed by atoms with Crippen LogP contribution in [-0.2, 0) is 14.8 Å². The van der Waals surface area contributed by atoms with Crippen LogP contribution in [0.5, 0.6) is 11.5 Å². The molecule has 1 N–H and O–H groups in total. The summed E-state index contributed by atoms with van der Waals surface area (Å²) in [5.41, 5.74) is 0.247. The van der Waals surface area contributed by atoms with Crippen molar-refractivity contribution in [3.63, 3.8) is 0 Å². The number of carbonyl (C=O) groups excluding carboxylic acids is 1. The number of nitrogens with zero attached hydrogens (tertiary/aromatic N) is 1. The van der Waals surface area contributed by atoms with Gasteiger partial charge in [0.2, 0.25) is 5.91 Å². The SMILES string of the molecule is COc1ccccc1N(CC(=O)NCCOc1ccc(F)cc1)S(=O)(=O)c1ccccc1. The van der Waals surface area contributed by atoms with Crippen LogP contribution in [0.3, 0.4) is 0 Å². The number of rotatable bonds is 10. The summed E-state index contributed by atoms with van der Waals surface area (Å²) < 4.78 is 51.3. The normalized spacial score (nSPS) is 10.9. The highest BCUT2D eigenvalue weighted by atomic mass is 32.2. The Hall–Kier alpha value is -3.59. The number of halogens is 1. The lowest BCUT2D eigenvalue weighted by molar-refractivity contribution is -0.119. The summed E-state index contributed by atoms with van der Waals surface area (Å²) in [5, 5.41) is 2.64. The first-order valence-corrected chi connectivity index (χ1v) is 11.2. The Kier molecular flexibility index (Phi) is 7.67. The van der Waals surface area contributed by atoms with Gasteiger partial charge < -0.3 is 14.8 Å². The molecule has 3 rings (SSSR count). The molecule has 3 aromatic carbocycles. The van der Waals surface area contributed by atoms with Crippen LogP contribution in [-0.4, -0.2) is 41.1 Å². The lowest BCUT2D eigenvalue weighted by atomic mass is 10.3. The molecule has 9 heteroatoms. The van der Waals surface area contributed by atoms with Crippen molar-refractivity contribution in [2.24, 2.45) is 0 Å². The van der Waals surface area contributed by atoms with Gasteiger partial charge in [0, 0.05) is 0 Å². The van der Waals surface area contributed by atoms with E-state index in [0.29, 0.717) is 11.5 Å². The van der Waals surface area contributed by atoms with Gasteiger partial charge in [-0.3, -0.25) is 9.10 Å². The van der Waals surface area contributed by atoms with E-state index in [-0.39, 0.29) is 29.6 Å². The van der Waals surface area contributed by atoms with E-state index in [1.165, 1.54) is 43.5 Å². The third kappa shape index (κ3) is 5.76. The van der Waals surface area contributed by atoms with Crippen LogP contribution in [0.4, 0.5) is 10.1 Å². The Morgan fingerprint density at radius 2 is 1.62 bits per heavy atom. The zero-order valence-electron chi connectivity index (χ0n) is 17.4. The maximum Gasteiger partial charge on any atom is 0.264 e. The van der Waals surface area contributed by atoms with E-state index >= 15 is 0 Å². The van der Waals surface area contributed by atoms with Crippen molar-refractivity contribution in [2.45, 2.75) is 4.90 Å². The molecule has 0 fully saturated rings. The number of hydrogen-bond donors (Lipinski definition) is 1. The number of sulfonamides is 1. The van der Waals surface area contributed by atoms with Crippen molar-refractivity contribution in [3.05, 3.63) is 84.7 Å². The van der Waals surface area contributed by atoms with Gasteiger partial charge in [-0.15, -0.1) is 0 Å². The van der Waals surface area contributed by atoms with Crippen LogP contribution < -0.4 is 19.1 Å². The number of amides is 1. The van der Waals surface area contributed by atoms with E-state index in [1.54, 1.807) is 42.5 Å². The number of methoxy groups -OCH3 is 1. The van der Waals surface area contributed by atoms with Gasteiger partial charge in [0.1, 0.15) is 30.5 Å². The topological polar surface area (TPSA) is 84.9 Å². The predicted molar refractivity (Wildman–Crippen MR) is 119 cm³/mol. The quantitative estimate of drug-likeness (QED) is 0.472. The zero-order chi connectivity index (χ0) is 23.0. The molecule has 0 saturated heterocycles. The number of carbonyl (C=O) groups is 1. The fourth-order valence-electron chi connectivity index (χ4n) is 2.93. The van der Waals surface area contributed by atoms with E-state index < -0.39 is 22.5 Å². The molecular weight excluding hydrogens is 435 g/mol. The van der Waals surface area contributed by atoms with Crippen LogP contribution >= 0.6 is 0 Å². The lowest BCUT2D eigenvalue weighted by Gasteiger charge is -2.25. The first-order chi connectivity index (χ1) is 15.4. The molecule has 0 spiro atoms. The molecule has 0 aliphatic rings. The second-order valence-corrected chi connectivity index (χ2v) is 8.51. The molecule has 0 atom stereocenters. The molecule has 7 nitrogen and oxygen atoms in total. The molecule has 0 radical (unpaired) electrons. The van der Waals surface area contributed by atoms with Crippen molar-refractivity contribution in [2.75, 3.05) is 31.1 Å². The maximum atomic E-state index is 13.3. The van der Waals surface area contributed by atoms with Gasteiger partial charge >= 0.3 is 0 Å². The molecule has 0 aliphatic heterocycles. The van der Waals surface area contributed by atoms with E-state index in [9.17, 15) is 17.6 Å². The Morgan fingerprint density at radius 3 is 2.31 bits per heavy atom. The molecule has 32 heavy (non-hydrogen) atoms. The van der Waals surface area contributed by atoms with Crippen LogP contribution in [0.1, 0.15) is 0 Å². The average molecular weight is 459 g/mol. The Labute approximate surface area is 186 Å². The second-order valence-electron chi connectivity index (χ2n) is 6.65. The maximum absolute atomic E-state index is 13.3. The molecule has 0 unspecified atom stereocenters. The number of ether oxygens (including phenoxy) is 2. The summed E-state index contributed by atoms with van der Waals surface area (Å²) in [6.45, 7) is -0.174. The summed E-state index contributed by atoms with van der Waals surface area (Å²) >= 11 is 0. The molecule has 168 valence electrons. The van der Waals surface area contributed by atoms with Gasteiger partial charge in [-0.05, 0) is 48.5 Å². The molecule has 0 aromatic heterocycles. The fraction of sp³-hybridized carbons (Fsp3) is 0.174. The number of anilines is 1. The van der Waals surface area contributed by atoms with Gasteiger partial charge in [-0.2, -0.15) is 0 Å². The Bertz CT molecular complexity index is 1140. The number of hydrogen-bond acceptors (Lipinski definition) is 5. The molecule has 0 saturated carbocycles. The van der Waals surface area contributed by atoms with E-state index in [0.717, 1.165) is 4.31 Å². The molecule has 3 aromatic rings. The summed E-state index contributed by atoms with van der Waals surface area (Å²) in [6, 6.07) is 19.9. The van der Waals surface area contributed by atoms with Crippen molar-refractivity contribution < 1.29 is 27.1 Å². The van der Waals surface area contributed by atoms with E-state index in [1.807, 2.05) is 0 Å². The fourth-order valence-corrected chi connectivity index (χ4v) is 4.38. The highest BCUT2D eigenvalue weighted by Gasteiger charge is 2.29. The smallest absolute Gasteiger partial charge is 0.264 e. The third-order valence-corrected chi connectivity index (χ3v) is 6.25. The van der Waals surface area contributed by atoms with E-state index in [2.05, 4.69) is 5.32 Å². The Balaban J connectivity index is 1.72. The van der Waals surface area contributed by atoms with Crippen molar-refractivity contribution in [1.29, 1.82) is 0 Å². The summed E-state index contributed by atoms with van der Waals surface area (Å²) in [5.74, 6) is -0.109.